The predicted molar refractivity (Wildman–Crippen MR) is 51.7 cm³/mol. The van der Waals surface area contributed by atoms with Gasteiger partial charge in [-0.15, -0.1) is 0 Å². The minimum Gasteiger partial charge on any atom is -0.392 e. The van der Waals surface area contributed by atoms with Crippen LogP contribution in [0.3, 0.4) is 0 Å². The van der Waals surface area contributed by atoms with Crippen LogP contribution in [0.15, 0.2) is 12.7 Å². The van der Waals surface area contributed by atoms with Crippen LogP contribution in [0.25, 0.3) is 0 Å². The van der Waals surface area contributed by atoms with Crippen molar-refractivity contribution < 1.29 is 5.11 Å². The number of rotatable bonds is 3. The zero-order valence-electron chi connectivity index (χ0n) is 8.21. The van der Waals surface area contributed by atoms with Gasteiger partial charge in [0.05, 0.1) is 12.6 Å². The minimum absolute atomic E-state index is 0.139. The van der Waals surface area contributed by atoms with Crippen LogP contribution in [-0.4, -0.2) is 50.5 Å². The number of aliphatic hydroxyl groups is 1. The van der Waals surface area contributed by atoms with Crippen molar-refractivity contribution in [1.82, 2.24) is 19.7 Å². The summed E-state index contributed by atoms with van der Waals surface area (Å²) in [5, 5.41) is 13.5. The van der Waals surface area contributed by atoms with Crippen LogP contribution in [0.5, 0.6) is 0 Å². The Hall–Kier alpha value is -0.940. The first-order valence-corrected chi connectivity index (χ1v) is 5.07. The van der Waals surface area contributed by atoms with Gasteiger partial charge in [-0.05, 0) is 19.4 Å². The van der Waals surface area contributed by atoms with Crippen LogP contribution in [0.4, 0.5) is 0 Å². The Kier molecular flexibility index (Phi) is 3.10. The van der Waals surface area contributed by atoms with Crippen LogP contribution in [0.1, 0.15) is 12.8 Å². The van der Waals surface area contributed by atoms with Gasteiger partial charge >= 0.3 is 0 Å². The van der Waals surface area contributed by atoms with Crippen molar-refractivity contribution in [3.63, 3.8) is 0 Å². The summed E-state index contributed by atoms with van der Waals surface area (Å²) in [5.41, 5.74) is 0. The highest BCUT2D eigenvalue weighted by Gasteiger charge is 2.16. The first kappa shape index (κ1) is 9.61. The van der Waals surface area contributed by atoms with E-state index < -0.39 is 0 Å². The number of hydrogen-bond acceptors (Lipinski definition) is 4. The Balaban J connectivity index is 1.75. The van der Waals surface area contributed by atoms with Gasteiger partial charge in [0.25, 0.3) is 0 Å². The SMILES string of the molecule is OC1CCCN(CCn2cncn2)C1. The minimum atomic E-state index is -0.139. The number of likely N-dealkylation sites (tertiary alicyclic amines) is 1. The lowest BCUT2D eigenvalue weighted by molar-refractivity contribution is 0.0684. The summed E-state index contributed by atoms with van der Waals surface area (Å²) in [7, 11) is 0. The molecule has 0 amide bonds. The Bertz CT molecular complexity index is 262. The average Bonchev–Trinajstić information content (AvgIpc) is 2.67. The molecule has 1 aromatic rings. The van der Waals surface area contributed by atoms with Gasteiger partial charge in [-0.25, -0.2) is 4.98 Å². The van der Waals surface area contributed by atoms with E-state index in [9.17, 15) is 5.11 Å². The van der Waals surface area contributed by atoms with Gasteiger partial charge in [0.2, 0.25) is 0 Å². The number of β-amino-alcohol motifs (C(OH)–C–C–N with tert-alkyl or cyclic N) is 1. The Labute approximate surface area is 83.4 Å². The fraction of sp³-hybridized carbons (Fsp3) is 0.778. The van der Waals surface area contributed by atoms with Gasteiger partial charge in [0, 0.05) is 13.1 Å². The third-order valence-corrected chi connectivity index (χ3v) is 2.59. The predicted octanol–water partition coefficient (Wildman–Crippen LogP) is -0.265. The summed E-state index contributed by atoms with van der Waals surface area (Å²) in [6.45, 7) is 3.69. The molecule has 5 nitrogen and oxygen atoms in total. The molecule has 0 spiro atoms. The van der Waals surface area contributed by atoms with E-state index >= 15 is 0 Å². The topological polar surface area (TPSA) is 54.2 Å². The van der Waals surface area contributed by atoms with E-state index in [1.54, 1.807) is 12.7 Å². The maximum atomic E-state index is 9.46. The first-order chi connectivity index (χ1) is 6.84. The highest BCUT2D eigenvalue weighted by atomic mass is 16.3. The molecule has 0 aromatic carbocycles. The largest absolute Gasteiger partial charge is 0.392 e. The van der Waals surface area contributed by atoms with E-state index in [1.165, 1.54) is 0 Å². The van der Waals surface area contributed by atoms with Crippen molar-refractivity contribution in [3.05, 3.63) is 12.7 Å². The molecule has 1 aromatic heterocycles. The number of aliphatic hydroxyl groups excluding tert-OH is 1. The molecular weight excluding hydrogens is 180 g/mol. The molecule has 0 bridgehead atoms. The molecule has 1 aliphatic rings. The lowest BCUT2D eigenvalue weighted by Crippen LogP contribution is -2.39. The molecule has 0 radical (unpaired) electrons. The second kappa shape index (κ2) is 4.52. The molecular formula is C9H16N4O. The number of aromatic nitrogens is 3. The maximum absolute atomic E-state index is 9.46. The van der Waals surface area contributed by atoms with Crippen LogP contribution >= 0.6 is 0 Å². The molecule has 2 rings (SSSR count). The van der Waals surface area contributed by atoms with Crippen molar-refractivity contribution in [2.24, 2.45) is 0 Å². The molecule has 14 heavy (non-hydrogen) atoms. The molecule has 1 fully saturated rings. The molecule has 1 unspecified atom stereocenters. The molecule has 1 N–H and O–H groups in total. The summed E-state index contributed by atoms with van der Waals surface area (Å²) >= 11 is 0. The van der Waals surface area contributed by atoms with Crippen LogP contribution in [0.2, 0.25) is 0 Å². The summed E-state index contributed by atoms with van der Waals surface area (Å²) in [6.07, 6.45) is 5.17. The maximum Gasteiger partial charge on any atom is 0.137 e. The van der Waals surface area contributed by atoms with Crippen molar-refractivity contribution >= 4 is 0 Å². The zero-order valence-corrected chi connectivity index (χ0v) is 8.21. The van der Waals surface area contributed by atoms with Gasteiger partial charge in [0.1, 0.15) is 12.7 Å². The van der Waals surface area contributed by atoms with E-state index in [2.05, 4.69) is 15.0 Å². The lowest BCUT2D eigenvalue weighted by atomic mass is 10.1. The van der Waals surface area contributed by atoms with Gasteiger partial charge in [0.15, 0.2) is 0 Å². The van der Waals surface area contributed by atoms with Crippen molar-refractivity contribution in [1.29, 1.82) is 0 Å². The molecule has 1 atom stereocenters. The highest BCUT2D eigenvalue weighted by molar-refractivity contribution is 4.71. The Morgan fingerprint density at radius 3 is 3.07 bits per heavy atom. The number of hydrogen-bond donors (Lipinski definition) is 1. The molecule has 1 aliphatic heterocycles. The molecule has 2 heterocycles. The second-order valence-electron chi connectivity index (χ2n) is 3.76. The van der Waals surface area contributed by atoms with E-state index in [0.29, 0.717) is 0 Å². The summed E-state index contributed by atoms with van der Waals surface area (Å²) in [5.74, 6) is 0. The van der Waals surface area contributed by atoms with E-state index in [1.807, 2.05) is 4.68 Å². The second-order valence-corrected chi connectivity index (χ2v) is 3.76. The number of piperidine rings is 1. The Morgan fingerprint density at radius 1 is 1.43 bits per heavy atom. The first-order valence-electron chi connectivity index (χ1n) is 5.07. The van der Waals surface area contributed by atoms with E-state index in [4.69, 9.17) is 0 Å². The van der Waals surface area contributed by atoms with Crippen molar-refractivity contribution in [2.75, 3.05) is 19.6 Å². The van der Waals surface area contributed by atoms with Gasteiger partial charge in [-0.2, -0.15) is 5.10 Å². The normalized spacial score (nSPS) is 23.9. The standard InChI is InChI=1S/C9H16N4O/c14-9-2-1-3-12(6-9)4-5-13-8-10-7-11-13/h7-9,14H,1-6H2. The quantitative estimate of drug-likeness (QED) is 0.723. The highest BCUT2D eigenvalue weighted by Crippen LogP contribution is 2.09. The average molecular weight is 196 g/mol. The fourth-order valence-corrected chi connectivity index (χ4v) is 1.83. The van der Waals surface area contributed by atoms with Crippen LogP contribution in [-0.2, 0) is 6.54 Å². The smallest absolute Gasteiger partial charge is 0.137 e. The third kappa shape index (κ3) is 2.52. The van der Waals surface area contributed by atoms with Gasteiger partial charge < -0.3 is 5.11 Å². The summed E-state index contributed by atoms with van der Waals surface area (Å²) < 4.78 is 1.82. The molecule has 0 aliphatic carbocycles. The molecule has 0 saturated carbocycles. The fourth-order valence-electron chi connectivity index (χ4n) is 1.83. The zero-order chi connectivity index (χ0) is 9.80. The summed E-state index contributed by atoms with van der Waals surface area (Å²) in [6, 6.07) is 0. The van der Waals surface area contributed by atoms with E-state index in [-0.39, 0.29) is 6.10 Å². The number of nitrogens with zero attached hydrogens (tertiary/aromatic N) is 4. The lowest BCUT2D eigenvalue weighted by Gasteiger charge is -2.29. The monoisotopic (exact) mass is 196 g/mol. The van der Waals surface area contributed by atoms with Gasteiger partial charge in [-0.1, -0.05) is 0 Å². The van der Waals surface area contributed by atoms with Crippen LogP contribution < -0.4 is 0 Å². The molecule has 5 heteroatoms. The van der Waals surface area contributed by atoms with Crippen molar-refractivity contribution in [2.45, 2.75) is 25.5 Å². The molecule has 1 saturated heterocycles. The third-order valence-electron chi connectivity index (χ3n) is 2.59. The van der Waals surface area contributed by atoms with Gasteiger partial charge in [-0.3, -0.25) is 9.58 Å². The van der Waals surface area contributed by atoms with Crippen LogP contribution in [0, 0.1) is 0 Å². The Morgan fingerprint density at radius 2 is 2.36 bits per heavy atom. The molecule has 78 valence electrons. The summed E-state index contributed by atoms with van der Waals surface area (Å²) in [4.78, 5) is 6.16. The van der Waals surface area contributed by atoms with E-state index in [0.717, 1.165) is 39.0 Å². The van der Waals surface area contributed by atoms with Crippen molar-refractivity contribution in [3.8, 4) is 0 Å².